The number of rotatable bonds is 4. The van der Waals surface area contributed by atoms with E-state index < -0.39 is 0 Å². The van der Waals surface area contributed by atoms with E-state index in [1.54, 1.807) is 13.4 Å². The van der Waals surface area contributed by atoms with E-state index in [1.807, 2.05) is 0 Å². The molecule has 0 aliphatic carbocycles. The third-order valence-electron chi connectivity index (χ3n) is 2.15. The highest BCUT2D eigenvalue weighted by Gasteiger charge is 2.05. The smallest absolute Gasteiger partial charge is 0.221 e. The number of carbonyl (C=O) groups is 1. The van der Waals surface area contributed by atoms with Gasteiger partial charge in [0.05, 0.1) is 6.33 Å². The van der Waals surface area contributed by atoms with Gasteiger partial charge in [-0.1, -0.05) is 0 Å². The van der Waals surface area contributed by atoms with Gasteiger partial charge in [0.25, 0.3) is 0 Å². The standard InChI is InChI=1S/C9H12N6O/c1-10-6(16)2-3-11-8-7-9(13-4-12-7)15-5-14-8/h4-5H,2-3H2,1H3,(H,10,16)(H2,11,12,13,14,15). The Balaban J connectivity index is 2.04. The number of nitrogens with zero attached hydrogens (tertiary/aromatic N) is 3. The van der Waals surface area contributed by atoms with Crippen LogP contribution >= 0.6 is 0 Å². The van der Waals surface area contributed by atoms with E-state index in [0.29, 0.717) is 24.4 Å². The van der Waals surface area contributed by atoms with E-state index in [-0.39, 0.29) is 5.91 Å². The predicted octanol–water partition coefficient (Wildman–Crippen LogP) is -0.0991. The monoisotopic (exact) mass is 220 g/mol. The van der Waals surface area contributed by atoms with Crippen LogP contribution in [0.3, 0.4) is 0 Å². The van der Waals surface area contributed by atoms with Crippen LogP contribution in [-0.4, -0.2) is 39.4 Å². The van der Waals surface area contributed by atoms with Gasteiger partial charge in [-0.15, -0.1) is 0 Å². The third kappa shape index (κ3) is 2.08. The summed E-state index contributed by atoms with van der Waals surface area (Å²) >= 11 is 0. The van der Waals surface area contributed by atoms with Gasteiger partial charge < -0.3 is 15.6 Å². The van der Waals surface area contributed by atoms with E-state index >= 15 is 0 Å². The lowest BCUT2D eigenvalue weighted by atomic mass is 10.4. The van der Waals surface area contributed by atoms with Crippen molar-refractivity contribution in [3.63, 3.8) is 0 Å². The summed E-state index contributed by atoms with van der Waals surface area (Å²) in [6.07, 6.45) is 3.39. The first-order valence-corrected chi connectivity index (χ1v) is 4.90. The van der Waals surface area contributed by atoms with Crippen LogP contribution in [-0.2, 0) is 4.79 Å². The summed E-state index contributed by atoms with van der Waals surface area (Å²) in [6, 6.07) is 0. The molecule has 2 rings (SSSR count). The Hall–Kier alpha value is -2.18. The van der Waals surface area contributed by atoms with Gasteiger partial charge in [0.1, 0.15) is 11.8 Å². The Morgan fingerprint density at radius 1 is 1.44 bits per heavy atom. The summed E-state index contributed by atoms with van der Waals surface area (Å²) in [5.74, 6) is 0.647. The van der Waals surface area contributed by atoms with E-state index in [1.165, 1.54) is 6.33 Å². The Kier molecular flexibility index (Phi) is 2.95. The van der Waals surface area contributed by atoms with Crippen molar-refractivity contribution in [3.8, 4) is 0 Å². The number of anilines is 1. The van der Waals surface area contributed by atoms with Gasteiger partial charge in [0.15, 0.2) is 11.5 Å². The number of amides is 1. The van der Waals surface area contributed by atoms with E-state index in [4.69, 9.17) is 0 Å². The maximum atomic E-state index is 11.0. The van der Waals surface area contributed by atoms with Gasteiger partial charge in [-0.05, 0) is 0 Å². The zero-order valence-corrected chi connectivity index (χ0v) is 8.82. The number of imidazole rings is 1. The zero-order valence-electron chi connectivity index (χ0n) is 8.82. The highest BCUT2D eigenvalue weighted by molar-refractivity contribution is 5.82. The molecule has 2 aromatic rings. The average molecular weight is 220 g/mol. The first-order valence-electron chi connectivity index (χ1n) is 4.90. The molecule has 0 aliphatic rings. The number of nitrogens with one attached hydrogen (secondary N) is 3. The van der Waals surface area contributed by atoms with E-state index in [2.05, 4.69) is 30.6 Å². The fourth-order valence-electron chi connectivity index (χ4n) is 1.32. The molecule has 3 N–H and O–H groups in total. The van der Waals surface area contributed by atoms with Gasteiger partial charge in [0, 0.05) is 20.0 Å². The lowest BCUT2D eigenvalue weighted by Crippen LogP contribution is -2.21. The van der Waals surface area contributed by atoms with Crippen LogP contribution in [0.2, 0.25) is 0 Å². The highest BCUT2D eigenvalue weighted by atomic mass is 16.1. The first-order chi connectivity index (χ1) is 7.81. The van der Waals surface area contributed by atoms with Gasteiger partial charge in [-0.25, -0.2) is 15.0 Å². The minimum Gasteiger partial charge on any atom is -0.368 e. The van der Waals surface area contributed by atoms with Crippen molar-refractivity contribution < 1.29 is 4.79 Å². The number of fused-ring (bicyclic) bond motifs is 1. The molecule has 2 aromatic heterocycles. The molecule has 0 spiro atoms. The summed E-state index contributed by atoms with van der Waals surface area (Å²) in [5, 5.41) is 5.61. The molecule has 0 saturated heterocycles. The Bertz CT molecular complexity index is 493. The molecular weight excluding hydrogens is 208 g/mol. The predicted molar refractivity (Wildman–Crippen MR) is 58.9 cm³/mol. The first kappa shape index (κ1) is 10.3. The summed E-state index contributed by atoms with van der Waals surface area (Å²) < 4.78 is 0. The molecule has 84 valence electrons. The number of carbonyl (C=O) groups excluding carboxylic acids is 1. The maximum absolute atomic E-state index is 11.0. The average Bonchev–Trinajstić information content (AvgIpc) is 2.77. The topological polar surface area (TPSA) is 95.6 Å². The Labute approximate surface area is 91.7 Å². The SMILES string of the molecule is CNC(=O)CCNc1ncnc2nc[nH]c12. The Morgan fingerprint density at radius 3 is 3.12 bits per heavy atom. The molecule has 0 fully saturated rings. The van der Waals surface area contributed by atoms with Gasteiger partial charge in [0.2, 0.25) is 5.91 Å². The number of hydrogen-bond acceptors (Lipinski definition) is 5. The van der Waals surface area contributed by atoms with Crippen LogP contribution in [0, 0.1) is 0 Å². The normalized spacial score (nSPS) is 10.3. The van der Waals surface area contributed by atoms with Crippen molar-refractivity contribution >= 4 is 22.9 Å². The number of H-pyrrole nitrogens is 1. The quantitative estimate of drug-likeness (QED) is 0.668. The van der Waals surface area contributed by atoms with Crippen molar-refractivity contribution in [1.82, 2.24) is 25.3 Å². The zero-order chi connectivity index (χ0) is 11.4. The molecule has 0 atom stereocenters. The molecule has 1 amide bonds. The van der Waals surface area contributed by atoms with Crippen molar-refractivity contribution in [2.75, 3.05) is 18.9 Å². The fraction of sp³-hybridized carbons (Fsp3) is 0.333. The largest absolute Gasteiger partial charge is 0.368 e. The lowest BCUT2D eigenvalue weighted by molar-refractivity contribution is -0.120. The van der Waals surface area contributed by atoms with Crippen molar-refractivity contribution in [1.29, 1.82) is 0 Å². The van der Waals surface area contributed by atoms with Gasteiger partial charge in [-0.3, -0.25) is 4.79 Å². The molecule has 0 bridgehead atoms. The van der Waals surface area contributed by atoms with E-state index in [9.17, 15) is 4.79 Å². The molecule has 7 nitrogen and oxygen atoms in total. The van der Waals surface area contributed by atoms with Crippen molar-refractivity contribution in [2.24, 2.45) is 0 Å². The second-order valence-electron chi connectivity index (χ2n) is 3.17. The van der Waals surface area contributed by atoms with Crippen LogP contribution in [0.25, 0.3) is 11.2 Å². The van der Waals surface area contributed by atoms with Crippen LogP contribution in [0.15, 0.2) is 12.7 Å². The molecule has 0 radical (unpaired) electrons. The van der Waals surface area contributed by atoms with Crippen LogP contribution < -0.4 is 10.6 Å². The van der Waals surface area contributed by atoms with Crippen molar-refractivity contribution in [3.05, 3.63) is 12.7 Å². The Morgan fingerprint density at radius 2 is 2.31 bits per heavy atom. The summed E-state index contributed by atoms with van der Waals surface area (Å²) in [6.45, 7) is 0.519. The number of hydrogen-bond donors (Lipinski definition) is 3. The summed E-state index contributed by atoms with van der Waals surface area (Å²) in [5.41, 5.74) is 1.36. The summed E-state index contributed by atoms with van der Waals surface area (Å²) in [7, 11) is 1.61. The van der Waals surface area contributed by atoms with Crippen LogP contribution in [0.4, 0.5) is 5.82 Å². The highest BCUT2D eigenvalue weighted by Crippen LogP contribution is 2.13. The second kappa shape index (κ2) is 4.56. The molecule has 0 aromatic carbocycles. The van der Waals surface area contributed by atoms with Crippen LogP contribution in [0.1, 0.15) is 6.42 Å². The van der Waals surface area contributed by atoms with Gasteiger partial charge in [-0.2, -0.15) is 0 Å². The maximum Gasteiger partial charge on any atom is 0.221 e. The molecule has 7 heteroatoms. The fourth-order valence-corrected chi connectivity index (χ4v) is 1.32. The van der Waals surface area contributed by atoms with Crippen LogP contribution in [0.5, 0.6) is 0 Å². The molecule has 16 heavy (non-hydrogen) atoms. The molecule has 0 saturated carbocycles. The number of aromatic nitrogens is 4. The minimum atomic E-state index is -0.0117. The number of aromatic amines is 1. The second-order valence-corrected chi connectivity index (χ2v) is 3.17. The minimum absolute atomic E-state index is 0.0117. The lowest BCUT2D eigenvalue weighted by Gasteiger charge is -2.04. The van der Waals surface area contributed by atoms with Crippen molar-refractivity contribution in [2.45, 2.75) is 6.42 Å². The molecule has 2 heterocycles. The molecular formula is C9H12N6O. The van der Waals surface area contributed by atoms with Gasteiger partial charge >= 0.3 is 0 Å². The molecule has 0 aliphatic heterocycles. The third-order valence-corrected chi connectivity index (χ3v) is 2.15. The summed E-state index contributed by atoms with van der Waals surface area (Å²) in [4.78, 5) is 26.0. The van der Waals surface area contributed by atoms with E-state index in [0.717, 1.165) is 5.52 Å². The molecule has 0 unspecified atom stereocenters.